The van der Waals surface area contributed by atoms with Crippen LogP contribution < -0.4 is 5.73 Å². The van der Waals surface area contributed by atoms with Crippen LogP contribution in [-0.2, 0) is 11.3 Å². The van der Waals surface area contributed by atoms with Crippen molar-refractivity contribution in [2.75, 3.05) is 26.2 Å². The summed E-state index contributed by atoms with van der Waals surface area (Å²) in [6.45, 7) is 3.94. The lowest BCUT2D eigenvalue weighted by Crippen LogP contribution is -2.44. The van der Waals surface area contributed by atoms with Crippen LogP contribution in [0.4, 0.5) is 4.39 Å². The largest absolute Gasteiger partial charge is 0.341 e. The van der Waals surface area contributed by atoms with E-state index in [9.17, 15) is 9.18 Å². The number of halogens is 1. The minimum absolute atomic E-state index is 0.0263. The lowest BCUT2D eigenvalue weighted by atomic mass is 10.1. The zero-order valence-corrected chi connectivity index (χ0v) is 12.9. The van der Waals surface area contributed by atoms with E-state index in [0.717, 1.165) is 44.5 Å². The molecule has 2 atom stereocenters. The normalized spacial score (nSPS) is 25.8. The van der Waals surface area contributed by atoms with Gasteiger partial charge in [0.2, 0.25) is 5.91 Å². The number of nitrogens with zero attached hydrogens (tertiary/aromatic N) is 2. The molecule has 4 nitrogen and oxygen atoms in total. The van der Waals surface area contributed by atoms with Gasteiger partial charge in [-0.1, -0.05) is 12.1 Å². The van der Waals surface area contributed by atoms with E-state index in [0.29, 0.717) is 19.0 Å². The minimum atomic E-state index is -0.220. The Hall–Kier alpha value is -1.46. The maximum absolute atomic E-state index is 13.0. The molecule has 0 aromatic heterocycles. The monoisotopic (exact) mass is 305 g/mol. The van der Waals surface area contributed by atoms with Crippen molar-refractivity contribution >= 4 is 5.91 Å². The number of amides is 1. The van der Waals surface area contributed by atoms with Gasteiger partial charge in [0, 0.05) is 19.6 Å². The first-order chi connectivity index (χ1) is 10.7. The first-order valence-electron chi connectivity index (χ1n) is 8.14. The van der Waals surface area contributed by atoms with Crippen LogP contribution in [0.25, 0.3) is 0 Å². The van der Waals surface area contributed by atoms with Crippen molar-refractivity contribution in [3.8, 4) is 0 Å². The molecule has 1 aromatic carbocycles. The summed E-state index contributed by atoms with van der Waals surface area (Å²) in [5.74, 6) is 0.481. The zero-order chi connectivity index (χ0) is 15.5. The summed E-state index contributed by atoms with van der Waals surface area (Å²) >= 11 is 0. The second kappa shape index (κ2) is 6.75. The quantitative estimate of drug-likeness (QED) is 0.919. The third kappa shape index (κ3) is 3.31. The van der Waals surface area contributed by atoms with Crippen LogP contribution in [0.3, 0.4) is 0 Å². The van der Waals surface area contributed by atoms with Crippen molar-refractivity contribution in [2.24, 2.45) is 11.7 Å². The van der Waals surface area contributed by atoms with E-state index in [1.807, 2.05) is 4.90 Å². The highest BCUT2D eigenvalue weighted by molar-refractivity contribution is 5.82. The highest BCUT2D eigenvalue weighted by Crippen LogP contribution is 2.24. The molecule has 0 bridgehead atoms. The van der Waals surface area contributed by atoms with Crippen LogP contribution in [0, 0.1) is 11.7 Å². The Morgan fingerprint density at radius 1 is 1.23 bits per heavy atom. The summed E-state index contributed by atoms with van der Waals surface area (Å²) < 4.78 is 13.0. The van der Waals surface area contributed by atoms with Gasteiger partial charge in [-0.25, -0.2) is 4.39 Å². The van der Waals surface area contributed by atoms with Crippen molar-refractivity contribution in [1.29, 1.82) is 0 Å². The van der Waals surface area contributed by atoms with Crippen LogP contribution in [0.5, 0.6) is 0 Å². The molecule has 0 radical (unpaired) electrons. The fraction of sp³-hybridized carbons (Fsp3) is 0.588. The molecular formula is C17H24FN3O. The number of hydrogen-bond donors (Lipinski definition) is 1. The number of rotatable bonds is 4. The first kappa shape index (κ1) is 15.4. The lowest BCUT2D eigenvalue weighted by Gasteiger charge is -2.28. The summed E-state index contributed by atoms with van der Waals surface area (Å²) in [7, 11) is 0. The van der Waals surface area contributed by atoms with Gasteiger partial charge in [0.1, 0.15) is 5.82 Å². The Morgan fingerprint density at radius 2 is 2.00 bits per heavy atom. The molecule has 0 spiro atoms. The molecule has 2 saturated heterocycles. The SMILES string of the molecule is NC[C@@H]1CCN(C(=O)[C@H]2CCCN2Cc2ccc(F)cc2)C1. The fourth-order valence-corrected chi connectivity index (χ4v) is 3.56. The van der Waals surface area contributed by atoms with E-state index < -0.39 is 0 Å². The number of nitrogens with two attached hydrogens (primary N) is 1. The molecule has 1 amide bonds. The predicted molar refractivity (Wildman–Crippen MR) is 83.6 cm³/mol. The van der Waals surface area contributed by atoms with Gasteiger partial charge in [-0.3, -0.25) is 9.69 Å². The second-order valence-corrected chi connectivity index (χ2v) is 6.43. The fourth-order valence-electron chi connectivity index (χ4n) is 3.56. The molecule has 120 valence electrons. The Kier molecular flexibility index (Phi) is 4.74. The van der Waals surface area contributed by atoms with Crippen LogP contribution in [0.2, 0.25) is 0 Å². The van der Waals surface area contributed by atoms with Crippen LogP contribution in [0.15, 0.2) is 24.3 Å². The van der Waals surface area contributed by atoms with Gasteiger partial charge in [-0.15, -0.1) is 0 Å². The summed E-state index contributed by atoms with van der Waals surface area (Å²) in [6.07, 6.45) is 2.99. The van der Waals surface area contributed by atoms with Crippen molar-refractivity contribution < 1.29 is 9.18 Å². The van der Waals surface area contributed by atoms with Gasteiger partial charge in [0.05, 0.1) is 6.04 Å². The van der Waals surface area contributed by atoms with Gasteiger partial charge in [0.15, 0.2) is 0 Å². The molecular weight excluding hydrogens is 281 g/mol. The minimum Gasteiger partial charge on any atom is -0.341 e. The number of likely N-dealkylation sites (tertiary alicyclic amines) is 2. The molecule has 5 heteroatoms. The highest BCUT2D eigenvalue weighted by atomic mass is 19.1. The average molecular weight is 305 g/mol. The van der Waals surface area contributed by atoms with Crippen LogP contribution in [0.1, 0.15) is 24.8 Å². The van der Waals surface area contributed by atoms with E-state index in [2.05, 4.69) is 4.90 Å². The molecule has 3 rings (SSSR count). The van der Waals surface area contributed by atoms with E-state index in [4.69, 9.17) is 5.73 Å². The van der Waals surface area contributed by atoms with Crippen molar-refractivity contribution in [1.82, 2.24) is 9.80 Å². The van der Waals surface area contributed by atoms with E-state index in [1.54, 1.807) is 12.1 Å². The van der Waals surface area contributed by atoms with Crippen LogP contribution >= 0.6 is 0 Å². The Labute approximate surface area is 131 Å². The first-order valence-corrected chi connectivity index (χ1v) is 8.14. The second-order valence-electron chi connectivity index (χ2n) is 6.43. The molecule has 2 aliphatic heterocycles. The molecule has 0 unspecified atom stereocenters. The summed E-state index contributed by atoms with van der Waals surface area (Å²) in [5, 5.41) is 0. The van der Waals surface area contributed by atoms with Crippen molar-refractivity contribution in [3.05, 3.63) is 35.6 Å². The molecule has 0 aliphatic carbocycles. The Balaban J connectivity index is 1.63. The zero-order valence-electron chi connectivity index (χ0n) is 12.9. The molecule has 2 fully saturated rings. The third-order valence-electron chi connectivity index (χ3n) is 4.88. The predicted octanol–water partition coefficient (Wildman–Crippen LogP) is 1.60. The van der Waals surface area contributed by atoms with E-state index >= 15 is 0 Å². The van der Waals surface area contributed by atoms with Crippen molar-refractivity contribution in [2.45, 2.75) is 31.8 Å². The topological polar surface area (TPSA) is 49.6 Å². The average Bonchev–Trinajstić information content (AvgIpc) is 3.18. The molecule has 22 heavy (non-hydrogen) atoms. The smallest absolute Gasteiger partial charge is 0.239 e. The molecule has 2 heterocycles. The van der Waals surface area contributed by atoms with Crippen LogP contribution in [-0.4, -0.2) is 47.9 Å². The number of carbonyl (C=O) groups excluding carboxylic acids is 1. The van der Waals surface area contributed by atoms with Gasteiger partial charge in [-0.05, 0) is 56.0 Å². The maximum atomic E-state index is 13.0. The van der Waals surface area contributed by atoms with E-state index in [-0.39, 0.29) is 17.8 Å². The number of hydrogen-bond acceptors (Lipinski definition) is 3. The molecule has 0 saturated carbocycles. The van der Waals surface area contributed by atoms with Gasteiger partial charge < -0.3 is 10.6 Å². The van der Waals surface area contributed by atoms with Gasteiger partial charge in [0.25, 0.3) is 0 Å². The lowest BCUT2D eigenvalue weighted by molar-refractivity contribution is -0.135. The molecule has 2 N–H and O–H groups in total. The van der Waals surface area contributed by atoms with E-state index in [1.165, 1.54) is 12.1 Å². The summed E-state index contributed by atoms with van der Waals surface area (Å²) in [5.41, 5.74) is 6.77. The number of carbonyl (C=O) groups is 1. The van der Waals surface area contributed by atoms with Gasteiger partial charge >= 0.3 is 0 Å². The summed E-state index contributed by atoms with van der Waals surface area (Å²) in [4.78, 5) is 17.0. The Bertz CT molecular complexity index is 519. The molecule has 2 aliphatic rings. The third-order valence-corrected chi connectivity index (χ3v) is 4.88. The maximum Gasteiger partial charge on any atom is 0.239 e. The standard InChI is InChI=1S/C17H24FN3O/c18-15-5-3-13(4-6-15)11-20-8-1-2-16(20)17(22)21-9-7-14(10-19)12-21/h3-6,14,16H,1-2,7-12,19H2/t14-,16+/m0/s1. The number of benzene rings is 1. The van der Waals surface area contributed by atoms with Gasteiger partial charge in [-0.2, -0.15) is 0 Å². The molecule has 1 aromatic rings. The summed E-state index contributed by atoms with van der Waals surface area (Å²) in [6, 6.07) is 6.54. The Morgan fingerprint density at radius 3 is 2.68 bits per heavy atom. The van der Waals surface area contributed by atoms with Crippen molar-refractivity contribution in [3.63, 3.8) is 0 Å². The highest BCUT2D eigenvalue weighted by Gasteiger charge is 2.36.